The van der Waals surface area contributed by atoms with Gasteiger partial charge >= 0.3 is 51.4 Å². The Bertz CT molecular complexity index is 239. The van der Waals surface area contributed by atoms with Crippen molar-refractivity contribution in [2.75, 3.05) is 5.75 Å². The molecule has 1 unspecified atom stereocenters. The van der Waals surface area contributed by atoms with Crippen LogP contribution < -0.4 is 51.4 Å². The molecule has 0 rings (SSSR count). The number of hydrogen-bond acceptors (Lipinski definition) is 4. The molecule has 0 heterocycles. The van der Waals surface area contributed by atoms with E-state index in [-0.39, 0.29) is 63.2 Å². The summed E-state index contributed by atoms with van der Waals surface area (Å²) in [7, 11) is -4.02. The first-order chi connectivity index (χ1) is 6.92. The summed E-state index contributed by atoms with van der Waals surface area (Å²) < 4.78 is 30.8. The zero-order valence-electron chi connectivity index (χ0n) is 10.3. The van der Waals surface area contributed by atoms with Crippen molar-refractivity contribution in [2.45, 2.75) is 58.0 Å². The quantitative estimate of drug-likeness (QED) is 0.321. The van der Waals surface area contributed by atoms with E-state index in [9.17, 15) is 13.0 Å². The number of aliphatic hydroxyl groups excluding tert-OH is 1. The molecule has 6 heteroatoms. The molecule has 0 spiro atoms. The minimum atomic E-state index is -4.02. The van der Waals surface area contributed by atoms with Gasteiger partial charge < -0.3 is 9.66 Å². The molecular formula is C10H21KO4S. The average Bonchev–Trinajstić information content (AvgIpc) is 2.07. The minimum Gasteiger partial charge on any atom is -0.748 e. The second kappa shape index (κ2) is 11.6. The van der Waals surface area contributed by atoms with E-state index >= 15 is 0 Å². The Morgan fingerprint density at radius 2 is 1.50 bits per heavy atom. The van der Waals surface area contributed by atoms with Gasteiger partial charge in [0.2, 0.25) is 0 Å². The summed E-state index contributed by atoms with van der Waals surface area (Å²) in [5.74, 6) is -0.235. The second-order valence-corrected chi connectivity index (χ2v) is 5.54. The maximum Gasteiger partial charge on any atom is 1.00 e. The van der Waals surface area contributed by atoms with Gasteiger partial charge in [-0.05, 0) is 19.8 Å². The molecule has 0 fully saturated rings. The SMILES string of the molecule is CC(O)CCCCCCCCS(=O)(=O)[O-].[K+]. The summed E-state index contributed by atoms with van der Waals surface area (Å²) in [4.78, 5) is 0. The molecule has 4 nitrogen and oxygen atoms in total. The Labute approximate surface area is 141 Å². The van der Waals surface area contributed by atoms with Crippen molar-refractivity contribution >= 4 is 10.1 Å². The number of rotatable bonds is 9. The van der Waals surface area contributed by atoms with Crippen LogP contribution in [0, 0.1) is 0 Å². The van der Waals surface area contributed by atoms with Gasteiger partial charge in [0.25, 0.3) is 0 Å². The molecule has 0 radical (unpaired) electrons. The smallest absolute Gasteiger partial charge is 0.748 e. The molecule has 0 aromatic rings. The van der Waals surface area contributed by atoms with Gasteiger partial charge in [-0.3, -0.25) is 0 Å². The third-order valence-corrected chi connectivity index (χ3v) is 3.05. The summed E-state index contributed by atoms with van der Waals surface area (Å²) in [6.45, 7) is 1.78. The summed E-state index contributed by atoms with van der Waals surface area (Å²) in [5.41, 5.74) is 0. The zero-order valence-corrected chi connectivity index (χ0v) is 14.3. The van der Waals surface area contributed by atoms with Crippen molar-refractivity contribution in [3.05, 3.63) is 0 Å². The number of unbranched alkanes of at least 4 members (excludes halogenated alkanes) is 5. The van der Waals surface area contributed by atoms with Crippen molar-refractivity contribution in [3.8, 4) is 0 Å². The van der Waals surface area contributed by atoms with E-state index in [2.05, 4.69) is 0 Å². The maximum atomic E-state index is 10.3. The fourth-order valence-corrected chi connectivity index (χ4v) is 1.98. The van der Waals surface area contributed by atoms with Crippen LogP contribution in [0.4, 0.5) is 0 Å². The third-order valence-electron chi connectivity index (χ3n) is 2.27. The molecule has 0 aliphatic rings. The topological polar surface area (TPSA) is 77.4 Å². The van der Waals surface area contributed by atoms with Crippen molar-refractivity contribution in [1.82, 2.24) is 0 Å². The monoisotopic (exact) mass is 276 g/mol. The van der Waals surface area contributed by atoms with Gasteiger partial charge in [-0.1, -0.05) is 32.1 Å². The molecule has 0 aromatic heterocycles. The normalized spacial score (nSPS) is 13.2. The summed E-state index contributed by atoms with van der Waals surface area (Å²) in [6, 6.07) is 0. The zero-order chi connectivity index (χ0) is 11.7. The fourth-order valence-electron chi connectivity index (χ4n) is 1.43. The Balaban J connectivity index is 0. The first-order valence-corrected chi connectivity index (χ1v) is 7.11. The van der Waals surface area contributed by atoms with E-state index < -0.39 is 10.1 Å². The van der Waals surface area contributed by atoms with Crippen LogP contribution in [0.5, 0.6) is 0 Å². The van der Waals surface area contributed by atoms with Crippen LogP contribution in [0.2, 0.25) is 0 Å². The van der Waals surface area contributed by atoms with E-state index in [1.807, 2.05) is 0 Å². The molecule has 0 saturated carbocycles. The minimum absolute atomic E-state index is 0. The number of aliphatic hydroxyl groups is 1. The van der Waals surface area contributed by atoms with Crippen molar-refractivity contribution in [2.24, 2.45) is 0 Å². The maximum absolute atomic E-state index is 10.3. The Kier molecular flexibility index (Phi) is 14.4. The molecule has 1 N–H and O–H groups in total. The fraction of sp³-hybridized carbons (Fsp3) is 1.00. The average molecular weight is 276 g/mol. The summed E-state index contributed by atoms with van der Waals surface area (Å²) in [5, 5.41) is 8.98. The molecule has 0 aliphatic heterocycles. The Morgan fingerprint density at radius 3 is 1.94 bits per heavy atom. The van der Waals surface area contributed by atoms with Gasteiger partial charge in [0.05, 0.1) is 16.2 Å². The van der Waals surface area contributed by atoms with E-state index in [4.69, 9.17) is 5.11 Å². The van der Waals surface area contributed by atoms with Crippen LogP contribution in [-0.4, -0.2) is 29.9 Å². The van der Waals surface area contributed by atoms with Gasteiger partial charge in [0.1, 0.15) is 0 Å². The van der Waals surface area contributed by atoms with E-state index in [1.54, 1.807) is 6.92 Å². The van der Waals surface area contributed by atoms with Gasteiger partial charge in [0, 0.05) is 5.75 Å². The molecular weight excluding hydrogens is 255 g/mol. The molecule has 0 amide bonds. The van der Waals surface area contributed by atoms with Crippen LogP contribution in [0.15, 0.2) is 0 Å². The molecule has 0 aromatic carbocycles. The first kappa shape index (κ1) is 19.8. The molecule has 0 bridgehead atoms. The van der Waals surface area contributed by atoms with Crippen molar-refractivity contribution in [3.63, 3.8) is 0 Å². The molecule has 1 atom stereocenters. The van der Waals surface area contributed by atoms with Crippen LogP contribution in [-0.2, 0) is 10.1 Å². The first-order valence-electron chi connectivity index (χ1n) is 5.53. The van der Waals surface area contributed by atoms with E-state index in [0.717, 1.165) is 38.5 Å². The van der Waals surface area contributed by atoms with Gasteiger partial charge in [-0.2, -0.15) is 0 Å². The molecule has 0 saturated heterocycles. The molecule has 92 valence electrons. The molecule has 16 heavy (non-hydrogen) atoms. The van der Waals surface area contributed by atoms with Gasteiger partial charge in [-0.15, -0.1) is 0 Å². The predicted octanol–water partition coefficient (Wildman–Crippen LogP) is -1.35. The molecule has 0 aliphatic carbocycles. The predicted molar refractivity (Wildman–Crippen MR) is 58.6 cm³/mol. The largest absolute Gasteiger partial charge is 1.00 e. The van der Waals surface area contributed by atoms with Crippen LogP contribution >= 0.6 is 0 Å². The third kappa shape index (κ3) is 17.9. The van der Waals surface area contributed by atoms with E-state index in [0.29, 0.717) is 6.42 Å². The van der Waals surface area contributed by atoms with Crippen molar-refractivity contribution in [1.29, 1.82) is 0 Å². The Morgan fingerprint density at radius 1 is 1.06 bits per heavy atom. The number of hydrogen-bond donors (Lipinski definition) is 1. The standard InChI is InChI=1S/C10H22O4S.K/c1-10(11)8-6-4-2-3-5-7-9-15(12,13)14;/h10-11H,2-9H2,1H3,(H,12,13,14);/q;+1/p-1. The Hall–Kier alpha value is 1.51. The van der Waals surface area contributed by atoms with Crippen LogP contribution in [0.1, 0.15) is 51.9 Å². The van der Waals surface area contributed by atoms with Crippen LogP contribution in [0.3, 0.4) is 0 Å². The van der Waals surface area contributed by atoms with Gasteiger partial charge in [0.15, 0.2) is 0 Å². The summed E-state index contributed by atoms with van der Waals surface area (Å²) >= 11 is 0. The summed E-state index contributed by atoms with van der Waals surface area (Å²) in [6.07, 6.45) is 5.97. The van der Waals surface area contributed by atoms with Gasteiger partial charge in [-0.25, -0.2) is 8.42 Å². The van der Waals surface area contributed by atoms with Crippen LogP contribution in [0.25, 0.3) is 0 Å². The second-order valence-electron chi connectivity index (χ2n) is 4.02. The van der Waals surface area contributed by atoms with Crippen molar-refractivity contribution < 1.29 is 69.5 Å². The van der Waals surface area contributed by atoms with E-state index in [1.165, 1.54) is 0 Å².